The van der Waals surface area contributed by atoms with Crippen molar-refractivity contribution < 1.29 is 14.3 Å². The van der Waals surface area contributed by atoms with Gasteiger partial charge in [0.2, 0.25) is 5.91 Å². The molecule has 0 saturated heterocycles. The van der Waals surface area contributed by atoms with Crippen LogP contribution < -0.4 is 10.1 Å². The molecule has 2 aromatic rings. The van der Waals surface area contributed by atoms with Crippen LogP contribution in [0.4, 0.5) is 0 Å². The lowest BCUT2D eigenvalue weighted by molar-refractivity contribution is -0.143. The van der Waals surface area contributed by atoms with Crippen molar-refractivity contribution in [1.29, 1.82) is 0 Å². The lowest BCUT2D eigenvalue weighted by atomic mass is 10.1. The highest BCUT2D eigenvalue weighted by atomic mass is 79.9. The molecule has 0 radical (unpaired) electrons. The number of rotatable bonds is 10. The van der Waals surface area contributed by atoms with E-state index in [4.69, 9.17) is 4.74 Å². The largest absolute Gasteiger partial charge is 0.484 e. The van der Waals surface area contributed by atoms with E-state index in [1.165, 1.54) is 0 Å². The van der Waals surface area contributed by atoms with Crippen molar-refractivity contribution >= 4 is 27.7 Å². The molecule has 0 bridgehead atoms. The van der Waals surface area contributed by atoms with Crippen molar-refractivity contribution in [2.24, 2.45) is 5.92 Å². The van der Waals surface area contributed by atoms with Crippen molar-refractivity contribution in [1.82, 2.24) is 10.2 Å². The third-order valence-electron chi connectivity index (χ3n) is 4.68. The molecular weight excluding hydrogens is 444 g/mol. The molecule has 0 aliphatic heterocycles. The van der Waals surface area contributed by atoms with E-state index in [-0.39, 0.29) is 18.4 Å². The summed E-state index contributed by atoms with van der Waals surface area (Å²) < 4.78 is 6.63. The summed E-state index contributed by atoms with van der Waals surface area (Å²) in [6.45, 7) is 8.84. The van der Waals surface area contributed by atoms with Crippen molar-refractivity contribution in [3.63, 3.8) is 0 Å². The normalized spacial score (nSPS) is 11.8. The molecule has 2 amide bonds. The van der Waals surface area contributed by atoms with E-state index in [0.717, 1.165) is 15.6 Å². The van der Waals surface area contributed by atoms with Gasteiger partial charge in [0.05, 0.1) is 0 Å². The van der Waals surface area contributed by atoms with Crippen molar-refractivity contribution in [3.05, 3.63) is 64.1 Å². The molecule has 2 aromatic carbocycles. The smallest absolute Gasteiger partial charge is 0.261 e. The molecule has 6 heteroatoms. The number of ether oxygens (including phenoxy) is 1. The minimum atomic E-state index is -0.551. The summed E-state index contributed by atoms with van der Waals surface area (Å²) in [7, 11) is 0. The number of hydrogen-bond acceptors (Lipinski definition) is 3. The monoisotopic (exact) mass is 474 g/mol. The van der Waals surface area contributed by atoms with Gasteiger partial charge in [-0.3, -0.25) is 9.59 Å². The first kappa shape index (κ1) is 23.9. The third kappa shape index (κ3) is 7.48. The Bertz CT molecular complexity index is 837. The molecule has 0 aliphatic carbocycles. The van der Waals surface area contributed by atoms with Crippen LogP contribution in [-0.4, -0.2) is 35.9 Å². The van der Waals surface area contributed by atoms with Gasteiger partial charge in [-0.05, 0) is 49.1 Å². The number of benzene rings is 2. The zero-order chi connectivity index (χ0) is 22.1. The highest BCUT2D eigenvalue weighted by molar-refractivity contribution is 9.10. The third-order valence-corrected chi connectivity index (χ3v) is 5.21. The number of amides is 2. The maximum Gasteiger partial charge on any atom is 0.261 e. The average Bonchev–Trinajstić information content (AvgIpc) is 2.71. The van der Waals surface area contributed by atoms with Crippen LogP contribution in [0.15, 0.2) is 53.0 Å². The summed E-state index contributed by atoms with van der Waals surface area (Å²) in [5.41, 5.74) is 2.10. The van der Waals surface area contributed by atoms with Crippen LogP contribution in [0.3, 0.4) is 0 Å². The Balaban J connectivity index is 2.18. The van der Waals surface area contributed by atoms with Gasteiger partial charge in [0.15, 0.2) is 6.61 Å². The fourth-order valence-corrected chi connectivity index (χ4v) is 3.37. The van der Waals surface area contributed by atoms with Crippen LogP contribution in [0.2, 0.25) is 0 Å². The molecular formula is C24H31BrN2O3. The fraction of sp³-hybridized carbons (Fsp3) is 0.417. The summed E-state index contributed by atoms with van der Waals surface area (Å²) in [4.78, 5) is 27.6. The predicted octanol–water partition coefficient (Wildman–Crippen LogP) is 4.72. The molecule has 2 rings (SSSR count). The highest BCUT2D eigenvalue weighted by Gasteiger charge is 2.29. The molecule has 0 unspecified atom stereocenters. The van der Waals surface area contributed by atoms with Gasteiger partial charge < -0.3 is 15.0 Å². The number of carbonyl (C=O) groups is 2. The quantitative estimate of drug-likeness (QED) is 0.541. The second-order valence-electron chi connectivity index (χ2n) is 7.82. The van der Waals surface area contributed by atoms with Gasteiger partial charge in [-0.15, -0.1) is 0 Å². The second kappa shape index (κ2) is 11.7. The Morgan fingerprint density at radius 1 is 1.13 bits per heavy atom. The van der Waals surface area contributed by atoms with Crippen molar-refractivity contribution in [3.8, 4) is 5.75 Å². The molecule has 30 heavy (non-hydrogen) atoms. The van der Waals surface area contributed by atoms with Gasteiger partial charge in [-0.1, -0.05) is 66.5 Å². The van der Waals surface area contributed by atoms with Crippen LogP contribution in [0, 0.1) is 12.8 Å². The van der Waals surface area contributed by atoms with Crippen LogP contribution in [0.25, 0.3) is 0 Å². The molecule has 0 heterocycles. The van der Waals surface area contributed by atoms with E-state index >= 15 is 0 Å². The molecule has 0 saturated carbocycles. The van der Waals surface area contributed by atoms with E-state index in [9.17, 15) is 9.59 Å². The molecule has 0 aliphatic rings. The maximum atomic E-state index is 13.1. The molecule has 0 aromatic heterocycles. The maximum absolute atomic E-state index is 13.1. The molecule has 0 spiro atoms. The van der Waals surface area contributed by atoms with E-state index in [1.807, 2.05) is 64.1 Å². The minimum Gasteiger partial charge on any atom is -0.484 e. The van der Waals surface area contributed by atoms with Gasteiger partial charge in [0.1, 0.15) is 11.8 Å². The Morgan fingerprint density at radius 3 is 2.43 bits per heavy atom. The summed E-state index contributed by atoms with van der Waals surface area (Å²) in [5, 5.41) is 2.97. The Labute approximate surface area is 187 Å². The SMILES string of the molecule is CC[C@@H](C(=O)NCC(C)C)N(Cc1cccc(C)c1)C(=O)COc1ccc(Br)cc1. The van der Waals surface area contributed by atoms with Crippen LogP contribution >= 0.6 is 15.9 Å². The summed E-state index contributed by atoms with van der Waals surface area (Å²) in [6, 6.07) is 14.8. The number of carbonyl (C=O) groups excluding carboxylic acids is 2. The first-order valence-corrected chi connectivity index (χ1v) is 11.1. The summed E-state index contributed by atoms with van der Waals surface area (Å²) in [6.07, 6.45) is 0.528. The Kier molecular flexibility index (Phi) is 9.37. The fourth-order valence-electron chi connectivity index (χ4n) is 3.11. The minimum absolute atomic E-state index is 0.124. The number of halogens is 1. The van der Waals surface area contributed by atoms with Crippen LogP contribution in [0.5, 0.6) is 5.75 Å². The molecule has 0 fully saturated rings. The predicted molar refractivity (Wildman–Crippen MR) is 123 cm³/mol. The van der Waals surface area contributed by atoms with Crippen LogP contribution in [0.1, 0.15) is 38.3 Å². The number of hydrogen-bond donors (Lipinski definition) is 1. The summed E-state index contributed by atoms with van der Waals surface area (Å²) >= 11 is 3.39. The average molecular weight is 475 g/mol. The molecule has 1 atom stereocenters. The molecule has 5 nitrogen and oxygen atoms in total. The zero-order valence-corrected chi connectivity index (χ0v) is 19.7. The first-order valence-electron chi connectivity index (χ1n) is 10.3. The zero-order valence-electron chi connectivity index (χ0n) is 18.2. The van der Waals surface area contributed by atoms with E-state index < -0.39 is 6.04 Å². The Hall–Kier alpha value is -2.34. The van der Waals surface area contributed by atoms with Crippen molar-refractivity contribution in [2.75, 3.05) is 13.2 Å². The van der Waals surface area contributed by atoms with Gasteiger partial charge >= 0.3 is 0 Å². The number of nitrogens with zero attached hydrogens (tertiary/aromatic N) is 1. The van der Waals surface area contributed by atoms with E-state index in [0.29, 0.717) is 31.2 Å². The van der Waals surface area contributed by atoms with Gasteiger partial charge in [0.25, 0.3) is 5.91 Å². The Morgan fingerprint density at radius 2 is 1.83 bits per heavy atom. The first-order chi connectivity index (χ1) is 14.3. The second-order valence-corrected chi connectivity index (χ2v) is 8.73. The lowest BCUT2D eigenvalue weighted by Crippen LogP contribution is -2.50. The summed E-state index contributed by atoms with van der Waals surface area (Å²) in [5.74, 6) is 0.606. The van der Waals surface area contributed by atoms with Gasteiger partial charge in [-0.25, -0.2) is 0 Å². The highest BCUT2D eigenvalue weighted by Crippen LogP contribution is 2.18. The van der Waals surface area contributed by atoms with Crippen molar-refractivity contribution in [2.45, 2.75) is 46.7 Å². The number of aryl methyl sites for hydroxylation is 1. The molecule has 162 valence electrons. The topological polar surface area (TPSA) is 58.6 Å². The molecule has 1 N–H and O–H groups in total. The van der Waals surface area contributed by atoms with E-state index in [1.54, 1.807) is 17.0 Å². The van der Waals surface area contributed by atoms with Gasteiger partial charge in [0, 0.05) is 17.6 Å². The van der Waals surface area contributed by atoms with Crippen LogP contribution in [-0.2, 0) is 16.1 Å². The standard InChI is InChI=1S/C24H31BrN2O3/c1-5-22(24(29)26-14-17(2)3)27(15-19-8-6-7-18(4)13-19)23(28)16-30-21-11-9-20(25)10-12-21/h6-13,17,22H,5,14-16H2,1-4H3,(H,26,29)/t22-/m0/s1. The van der Waals surface area contributed by atoms with Gasteiger partial charge in [-0.2, -0.15) is 0 Å². The lowest BCUT2D eigenvalue weighted by Gasteiger charge is -2.31. The number of nitrogens with one attached hydrogen (secondary N) is 1. The van der Waals surface area contributed by atoms with E-state index in [2.05, 4.69) is 21.2 Å².